The number of nitrogens with two attached hydrogens (primary N) is 1. The number of hydrogen-bond donors (Lipinski definition) is 2. The molecule has 128 valence electrons. The van der Waals surface area contributed by atoms with Crippen LogP contribution < -0.4 is 11.1 Å². The lowest BCUT2D eigenvalue weighted by molar-refractivity contribution is 0.0945. The van der Waals surface area contributed by atoms with Crippen molar-refractivity contribution < 1.29 is 4.79 Å². The third kappa shape index (κ3) is 3.82. The first-order chi connectivity index (χ1) is 12.0. The second kappa shape index (κ2) is 7.12. The molecule has 7 nitrogen and oxygen atoms in total. The third-order valence-electron chi connectivity index (χ3n) is 3.80. The number of imidazole rings is 1. The molecule has 0 aliphatic rings. The van der Waals surface area contributed by atoms with E-state index in [2.05, 4.69) is 20.3 Å². The number of nitrogen functional groups attached to an aromatic ring is 1. The van der Waals surface area contributed by atoms with Crippen LogP contribution in [0.4, 0.5) is 5.95 Å². The molecule has 0 radical (unpaired) electrons. The molecule has 3 N–H and O–H groups in total. The molecule has 0 bridgehead atoms. The van der Waals surface area contributed by atoms with Crippen LogP contribution in [0.2, 0.25) is 0 Å². The van der Waals surface area contributed by atoms with Crippen molar-refractivity contribution >= 4 is 11.9 Å². The van der Waals surface area contributed by atoms with Gasteiger partial charge in [0.05, 0.1) is 12.0 Å². The number of amides is 1. The number of hydrogen-bond acceptors (Lipinski definition) is 5. The maximum absolute atomic E-state index is 12.5. The van der Waals surface area contributed by atoms with Crippen LogP contribution in [0.3, 0.4) is 0 Å². The van der Waals surface area contributed by atoms with E-state index in [-0.39, 0.29) is 23.5 Å². The highest BCUT2D eigenvalue weighted by molar-refractivity contribution is 5.92. The summed E-state index contributed by atoms with van der Waals surface area (Å²) in [6.07, 6.45) is 5.30. The molecule has 25 heavy (non-hydrogen) atoms. The fourth-order valence-corrected chi connectivity index (χ4v) is 2.48. The van der Waals surface area contributed by atoms with E-state index in [1.54, 1.807) is 18.6 Å². The number of aromatic nitrogens is 4. The van der Waals surface area contributed by atoms with Crippen LogP contribution in [0.1, 0.15) is 41.5 Å². The summed E-state index contributed by atoms with van der Waals surface area (Å²) >= 11 is 0. The Kier molecular flexibility index (Phi) is 4.74. The van der Waals surface area contributed by atoms with E-state index in [0.717, 1.165) is 16.9 Å². The maximum atomic E-state index is 12.5. The number of nitrogens with one attached hydrogen (secondary N) is 1. The summed E-state index contributed by atoms with van der Waals surface area (Å²) in [6.45, 7) is 4.35. The van der Waals surface area contributed by atoms with Crippen molar-refractivity contribution in [2.75, 3.05) is 5.73 Å². The molecule has 0 atom stereocenters. The minimum atomic E-state index is -0.281. The van der Waals surface area contributed by atoms with Gasteiger partial charge in [-0.25, -0.2) is 15.0 Å². The van der Waals surface area contributed by atoms with Gasteiger partial charge in [-0.15, -0.1) is 0 Å². The Balaban J connectivity index is 1.78. The monoisotopic (exact) mass is 336 g/mol. The Morgan fingerprint density at radius 2 is 2.08 bits per heavy atom. The largest absolute Gasteiger partial charge is 0.368 e. The average molecular weight is 336 g/mol. The molecular weight excluding hydrogens is 316 g/mol. The van der Waals surface area contributed by atoms with Crippen LogP contribution in [0.15, 0.2) is 49.1 Å². The van der Waals surface area contributed by atoms with Crippen LogP contribution in [0, 0.1) is 0 Å². The molecule has 7 heteroatoms. The number of anilines is 1. The fourth-order valence-electron chi connectivity index (χ4n) is 2.48. The summed E-state index contributed by atoms with van der Waals surface area (Å²) in [5.41, 5.74) is 8.67. The van der Waals surface area contributed by atoms with Crippen LogP contribution in [0.5, 0.6) is 0 Å². The molecule has 1 amide bonds. The standard InChI is InChI=1S/C18H20N6O/c1-12(2)14-9-15(23-18(19)22-14)17(25)21-10-13-5-3-4-6-16(13)24-8-7-20-11-24/h3-9,11-12H,10H2,1-2H3,(H,21,25)(H2,19,22,23). The molecule has 0 aliphatic heterocycles. The molecule has 1 aromatic carbocycles. The van der Waals surface area contributed by atoms with Crippen molar-refractivity contribution in [2.45, 2.75) is 26.3 Å². The number of carbonyl (C=O) groups is 1. The summed E-state index contributed by atoms with van der Waals surface area (Å²) in [4.78, 5) is 24.7. The number of benzene rings is 1. The predicted octanol–water partition coefficient (Wildman–Crippen LogP) is 2.30. The van der Waals surface area contributed by atoms with Gasteiger partial charge in [-0.2, -0.15) is 0 Å². The topological polar surface area (TPSA) is 98.7 Å². The zero-order valence-corrected chi connectivity index (χ0v) is 14.2. The molecule has 0 unspecified atom stereocenters. The third-order valence-corrected chi connectivity index (χ3v) is 3.80. The predicted molar refractivity (Wildman–Crippen MR) is 95.3 cm³/mol. The zero-order valence-electron chi connectivity index (χ0n) is 14.2. The molecule has 0 saturated carbocycles. The molecular formula is C18H20N6O. The summed E-state index contributed by atoms with van der Waals surface area (Å²) in [7, 11) is 0. The highest BCUT2D eigenvalue weighted by Crippen LogP contribution is 2.15. The van der Waals surface area contributed by atoms with E-state index in [4.69, 9.17) is 5.73 Å². The van der Waals surface area contributed by atoms with Gasteiger partial charge in [-0.3, -0.25) is 4.79 Å². The summed E-state index contributed by atoms with van der Waals surface area (Å²) in [5.74, 6) is -0.00887. The van der Waals surface area contributed by atoms with E-state index in [1.165, 1.54) is 0 Å². The van der Waals surface area contributed by atoms with Crippen molar-refractivity contribution in [1.29, 1.82) is 0 Å². The van der Waals surface area contributed by atoms with Gasteiger partial charge >= 0.3 is 0 Å². The molecule has 3 aromatic rings. The quantitative estimate of drug-likeness (QED) is 0.745. The number of nitrogens with zero attached hydrogens (tertiary/aromatic N) is 4. The minimum absolute atomic E-state index is 0.107. The molecule has 2 aromatic heterocycles. The lowest BCUT2D eigenvalue weighted by atomic mass is 10.1. The molecule has 0 fully saturated rings. The van der Waals surface area contributed by atoms with Crippen LogP contribution in [0.25, 0.3) is 5.69 Å². The smallest absolute Gasteiger partial charge is 0.270 e. The first-order valence-corrected chi connectivity index (χ1v) is 8.03. The van der Waals surface area contributed by atoms with Crippen molar-refractivity contribution in [3.05, 3.63) is 66.0 Å². The van der Waals surface area contributed by atoms with Gasteiger partial charge in [0.1, 0.15) is 5.69 Å². The van der Waals surface area contributed by atoms with E-state index in [9.17, 15) is 4.79 Å². The van der Waals surface area contributed by atoms with E-state index in [0.29, 0.717) is 6.54 Å². The van der Waals surface area contributed by atoms with Crippen molar-refractivity contribution in [1.82, 2.24) is 24.8 Å². The summed E-state index contributed by atoms with van der Waals surface area (Å²) in [5, 5.41) is 2.89. The SMILES string of the molecule is CC(C)c1cc(C(=O)NCc2ccccc2-n2ccnc2)nc(N)n1. The molecule has 0 saturated heterocycles. The molecule has 0 spiro atoms. The lowest BCUT2D eigenvalue weighted by Crippen LogP contribution is -2.25. The first kappa shape index (κ1) is 16.6. The first-order valence-electron chi connectivity index (χ1n) is 8.03. The normalized spacial score (nSPS) is 10.8. The summed E-state index contributed by atoms with van der Waals surface area (Å²) in [6, 6.07) is 9.49. The number of carbonyl (C=O) groups excluding carboxylic acids is 1. The Labute approximate surface area is 145 Å². The number of para-hydroxylation sites is 1. The molecule has 0 aliphatic carbocycles. The second-order valence-corrected chi connectivity index (χ2v) is 5.97. The van der Waals surface area contributed by atoms with Gasteiger partial charge in [-0.05, 0) is 23.6 Å². The average Bonchev–Trinajstić information content (AvgIpc) is 3.13. The Morgan fingerprint density at radius 3 is 2.80 bits per heavy atom. The van der Waals surface area contributed by atoms with Gasteiger partial charge in [0.2, 0.25) is 5.95 Å². The Bertz CT molecular complexity index is 873. The Hall–Kier alpha value is -3.22. The van der Waals surface area contributed by atoms with Crippen LogP contribution >= 0.6 is 0 Å². The molecule has 3 rings (SSSR count). The minimum Gasteiger partial charge on any atom is -0.368 e. The summed E-state index contributed by atoms with van der Waals surface area (Å²) < 4.78 is 1.90. The zero-order chi connectivity index (χ0) is 17.8. The highest BCUT2D eigenvalue weighted by Gasteiger charge is 2.13. The van der Waals surface area contributed by atoms with Crippen molar-refractivity contribution in [3.8, 4) is 5.69 Å². The Morgan fingerprint density at radius 1 is 1.28 bits per heavy atom. The lowest BCUT2D eigenvalue weighted by Gasteiger charge is -2.12. The van der Waals surface area contributed by atoms with Gasteiger partial charge in [0, 0.05) is 24.6 Å². The van der Waals surface area contributed by atoms with Gasteiger partial charge < -0.3 is 15.6 Å². The second-order valence-electron chi connectivity index (χ2n) is 5.97. The molecule has 2 heterocycles. The number of rotatable bonds is 5. The van der Waals surface area contributed by atoms with Gasteiger partial charge in [-0.1, -0.05) is 32.0 Å². The fraction of sp³-hybridized carbons (Fsp3) is 0.222. The highest BCUT2D eigenvalue weighted by atomic mass is 16.1. The van der Waals surface area contributed by atoms with Gasteiger partial charge in [0.25, 0.3) is 5.91 Å². The van der Waals surface area contributed by atoms with Gasteiger partial charge in [0.15, 0.2) is 0 Å². The van der Waals surface area contributed by atoms with Crippen molar-refractivity contribution in [2.24, 2.45) is 0 Å². The van der Waals surface area contributed by atoms with Crippen molar-refractivity contribution in [3.63, 3.8) is 0 Å². The van der Waals surface area contributed by atoms with Crippen LogP contribution in [-0.2, 0) is 6.54 Å². The van der Waals surface area contributed by atoms with E-state index >= 15 is 0 Å². The van der Waals surface area contributed by atoms with E-state index < -0.39 is 0 Å². The van der Waals surface area contributed by atoms with E-state index in [1.807, 2.05) is 48.9 Å². The van der Waals surface area contributed by atoms with Crippen LogP contribution in [-0.4, -0.2) is 25.4 Å². The maximum Gasteiger partial charge on any atom is 0.270 e.